The maximum atomic E-state index is 13.5. The van der Waals surface area contributed by atoms with Gasteiger partial charge in [0, 0.05) is 29.9 Å². The fraction of sp³-hybridized carbons (Fsp3) is 0.208. The van der Waals surface area contributed by atoms with Crippen molar-refractivity contribution >= 4 is 34.8 Å². The smallest absolute Gasteiger partial charge is 0.232 e. The van der Waals surface area contributed by atoms with Gasteiger partial charge in [0.15, 0.2) is 0 Å². The molecule has 8 heteroatoms. The number of methoxy groups -OCH3 is 1. The van der Waals surface area contributed by atoms with Gasteiger partial charge in [-0.05, 0) is 54.6 Å². The molecule has 2 amide bonds. The van der Waals surface area contributed by atoms with Gasteiger partial charge in [-0.2, -0.15) is 0 Å². The Hall–Kier alpha value is -3.45. The maximum absolute atomic E-state index is 13.5. The summed E-state index contributed by atoms with van der Waals surface area (Å²) in [5.41, 5.74) is 1.74. The topological polar surface area (TPSA) is 62.7 Å². The fourth-order valence-electron chi connectivity index (χ4n) is 3.77. The molecule has 1 aromatic heterocycles. The molecule has 32 heavy (non-hydrogen) atoms. The number of carbonyl (C=O) groups is 2. The van der Waals surface area contributed by atoms with Gasteiger partial charge in [-0.3, -0.25) is 14.6 Å². The van der Waals surface area contributed by atoms with E-state index in [0.29, 0.717) is 27.8 Å². The molecule has 1 aliphatic heterocycles. The Bertz CT molecular complexity index is 1130. The summed E-state index contributed by atoms with van der Waals surface area (Å²) in [6.07, 6.45) is 1.70. The van der Waals surface area contributed by atoms with Gasteiger partial charge < -0.3 is 14.5 Å². The first-order valence-electron chi connectivity index (χ1n) is 10.1. The van der Waals surface area contributed by atoms with Gasteiger partial charge in [-0.1, -0.05) is 17.7 Å². The van der Waals surface area contributed by atoms with E-state index in [1.165, 1.54) is 24.1 Å². The summed E-state index contributed by atoms with van der Waals surface area (Å²) < 4.78 is 18.9. The Morgan fingerprint density at radius 2 is 2.00 bits per heavy atom. The van der Waals surface area contributed by atoms with Crippen LogP contribution < -0.4 is 14.5 Å². The van der Waals surface area contributed by atoms with Crippen LogP contribution in [0.25, 0.3) is 0 Å². The van der Waals surface area contributed by atoms with Gasteiger partial charge in [0.2, 0.25) is 11.8 Å². The summed E-state index contributed by atoms with van der Waals surface area (Å²) in [7, 11) is 1.51. The molecule has 164 valence electrons. The van der Waals surface area contributed by atoms with Crippen LogP contribution in [0.2, 0.25) is 5.02 Å². The van der Waals surface area contributed by atoms with Gasteiger partial charge in [0.1, 0.15) is 11.6 Å². The Balaban J connectivity index is 1.62. The molecule has 1 unspecified atom stereocenters. The van der Waals surface area contributed by atoms with Crippen LogP contribution in [0.1, 0.15) is 12.1 Å². The average Bonchev–Trinajstić information content (AvgIpc) is 3.20. The van der Waals surface area contributed by atoms with Gasteiger partial charge in [0.05, 0.1) is 31.0 Å². The number of benzene rings is 2. The minimum atomic E-state index is -0.583. The molecule has 2 heterocycles. The van der Waals surface area contributed by atoms with Crippen LogP contribution in [0.5, 0.6) is 5.75 Å². The Morgan fingerprint density at radius 1 is 1.22 bits per heavy atom. The Labute approximate surface area is 190 Å². The molecule has 3 aromatic rings. The zero-order chi connectivity index (χ0) is 22.7. The van der Waals surface area contributed by atoms with E-state index >= 15 is 0 Å². The molecule has 1 saturated heterocycles. The second kappa shape index (κ2) is 9.36. The second-order valence-electron chi connectivity index (χ2n) is 7.44. The van der Waals surface area contributed by atoms with E-state index < -0.39 is 11.7 Å². The van der Waals surface area contributed by atoms with Crippen molar-refractivity contribution in [3.63, 3.8) is 0 Å². The van der Waals surface area contributed by atoms with E-state index in [1.54, 1.807) is 47.5 Å². The molecule has 0 bridgehead atoms. The molecular weight excluding hydrogens is 433 g/mol. The highest BCUT2D eigenvalue weighted by Gasteiger charge is 2.38. The quantitative estimate of drug-likeness (QED) is 0.552. The second-order valence-corrected chi connectivity index (χ2v) is 7.88. The monoisotopic (exact) mass is 453 g/mol. The van der Waals surface area contributed by atoms with Crippen molar-refractivity contribution in [2.45, 2.75) is 13.0 Å². The molecule has 0 saturated carbocycles. The molecule has 0 radical (unpaired) electrons. The van der Waals surface area contributed by atoms with Gasteiger partial charge >= 0.3 is 0 Å². The number of ether oxygens (including phenoxy) is 1. The van der Waals surface area contributed by atoms with Crippen molar-refractivity contribution in [2.24, 2.45) is 5.92 Å². The highest BCUT2D eigenvalue weighted by molar-refractivity contribution is 6.31. The Morgan fingerprint density at radius 3 is 2.69 bits per heavy atom. The van der Waals surface area contributed by atoms with Crippen LogP contribution in [0.4, 0.5) is 15.8 Å². The summed E-state index contributed by atoms with van der Waals surface area (Å²) in [6.45, 7) is 0.394. The number of amides is 2. The standard InChI is InChI=1S/C24H21ClFN3O3/c1-32-22-10-5-17(25)13-21(22)29-14-16(12-23(29)30)24(31)28(15-19-4-2-3-11-27-19)20-8-6-18(26)7-9-20/h2-11,13,16H,12,14-15H2,1H3. The van der Waals surface area contributed by atoms with Crippen LogP contribution in [-0.4, -0.2) is 30.5 Å². The molecule has 1 fully saturated rings. The fourth-order valence-corrected chi connectivity index (χ4v) is 3.94. The van der Waals surface area contributed by atoms with Crippen molar-refractivity contribution in [1.29, 1.82) is 0 Å². The third kappa shape index (κ3) is 4.57. The number of carbonyl (C=O) groups excluding carboxylic acids is 2. The van der Waals surface area contributed by atoms with E-state index in [-0.39, 0.29) is 31.3 Å². The van der Waals surface area contributed by atoms with Crippen molar-refractivity contribution in [3.05, 3.63) is 83.4 Å². The van der Waals surface area contributed by atoms with E-state index in [2.05, 4.69) is 4.98 Å². The predicted molar refractivity (Wildman–Crippen MR) is 120 cm³/mol. The number of nitrogens with zero attached hydrogens (tertiary/aromatic N) is 3. The molecular formula is C24H21ClFN3O3. The van der Waals surface area contributed by atoms with Crippen LogP contribution in [0.3, 0.4) is 0 Å². The first-order valence-corrected chi connectivity index (χ1v) is 10.4. The lowest BCUT2D eigenvalue weighted by Gasteiger charge is -2.26. The Kier molecular flexibility index (Phi) is 6.37. The van der Waals surface area contributed by atoms with Crippen LogP contribution in [0.15, 0.2) is 66.9 Å². The third-order valence-corrected chi connectivity index (χ3v) is 5.59. The van der Waals surface area contributed by atoms with E-state index in [0.717, 1.165) is 0 Å². The summed E-state index contributed by atoms with van der Waals surface area (Å²) in [4.78, 5) is 33.7. The summed E-state index contributed by atoms with van der Waals surface area (Å²) in [5.74, 6) is -0.908. The lowest BCUT2D eigenvalue weighted by Crippen LogP contribution is -2.37. The zero-order valence-corrected chi connectivity index (χ0v) is 18.1. The minimum Gasteiger partial charge on any atom is -0.495 e. The average molecular weight is 454 g/mol. The maximum Gasteiger partial charge on any atom is 0.232 e. The number of anilines is 2. The molecule has 6 nitrogen and oxygen atoms in total. The first-order chi connectivity index (χ1) is 15.5. The van der Waals surface area contributed by atoms with Gasteiger partial charge in [-0.25, -0.2) is 4.39 Å². The lowest BCUT2D eigenvalue weighted by atomic mass is 10.1. The number of halogens is 2. The number of hydrogen-bond donors (Lipinski definition) is 0. The largest absolute Gasteiger partial charge is 0.495 e. The number of hydrogen-bond acceptors (Lipinski definition) is 4. The molecule has 0 aliphatic carbocycles. The van der Waals surface area contributed by atoms with E-state index in [1.807, 2.05) is 12.1 Å². The normalized spacial score (nSPS) is 15.7. The molecule has 0 spiro atoms. The van der Waals surface area contributed by atoms with Crippen molar-refractivity contribution in [3.8, 4) is 5.75 Å². The first kappa shape index (κ1) is 21.8. The van der Waals surface area contributed by atoms with Crippen LogP contribution in [-0.2, 0) is 16.1 Å². The summed E-state index contributed by atoms with van der Waals surface area (Å²) in [6, 6.07) is 16.1. The minimum absolute atomic E-state index is 0.0500. The lowest BCUT2D eigenvalue weighted by molar-refractivity contribution is -0.124. The van der Waals surface area contributed by atoms with Crippen molar-refractivity contribution < 1.29 is 18.7 Å². The third-order valence-electron chi connectivity index (χ3n) is 5.36. The number of pyridine rings is 1. The molecule has 2 aromatic carbocycles. The number of aromatic nitrogens is 1. The summed E-state index contributed by atoms with van der Waals surface area (Å²) >= 11 is 6.13. The predicted octanol–water partition coefficient (Wildman–Crippen LogP) is 4.47. The molecule has 1 atom stereocenters. The number of rotatable bonds is 6. The SMILES string of the molecule is COc1ccc(Cl)cc1N1CC(C(=O)N(Cc2ccccn2)c2ccc(F)cc2)CC1=O. The van der Waals surface area contributed by atoms with E-state index in [9.17, 15) is 14.0 Å². The zero-order valence-electron chi connectivity index (χ0n) is 17.4. The van der Waals surface area contributed by atoms with Crippen LogP contribution in [0, 0.1) is 11.7 Å². The highest BCUT2D eigenvalue weighted by atomic mass is 35.5. The van der Waals surface area contributed by atoms with Crippen molar-refractivity contribution in [1.82, 2.24) is 4.98 Å². The van der Waals surface area contributed by atoms with Gasteiger partial charge in [-0.15, -0.1) is 0 Å². The van der Waals surface area contributed by atoms with E-state index in [4.69, 9.17) is 16.3 Å². The van der Waals surface area contributed by atoms with Gasteiger partial charge in [0.25, 0.3) is 0 Å². The summed E-state index contributed by atoms with van der Waals surface area (Å²) in [5, 5.41) is 0.464. The van der Waals surface area contributed by atoms with Crippen LogP contribution >= 0.6 is 11.6 Å². The molecule has 4 rings (SSSR count). The van der Waals surface area contributed by atoms with Crippen molar-refractivity contribution in [2.75, 3.05) is 23.5 Å². The molecule has 0 N–H and O–H groups in total. The highest BCUT2D eigenvalue weighted by Crippen LogP contribution is 2.36. The molecule has 1 aliphatic rings.